The average molecular weight is 273 g/mol. The summed E-state index contributed by atoms with van der Waals surface area (Å²) in [5.74, 6) is 0. The number of hydrogen-bond acceptors (Lipinski definition) is 4. The molecule has 0 aromatic heterocycles. The highest BCUT2D eigenvalue weighted by Crippen LogP contribution is 2.16. The lowest BCUT2D eigenvalue weighted by molar-refractivity contribution is 0.204. The molecule has 0 spiro atoms. The van der Waals surface area contributed by atoms with E-state index in [1.807, 2.05) is 13.0 Å². The van der Waals surface area contributed by atoms with Crippen LogP contribution in [0.1, 0.15) is 18.5 Å². The molecule has 18 heavy (non-hydrogen) atoms. The van der Waals surface area contributed by atoms with Gasteiger partial charge in [-0.25, -0.2) is 0 Å². The van der Waals surface area contributed by atoms with Crippen molar-refractivity contribution in [3.8, 4) is 0 Å². The van der Waals surface area contributed by atoms with E-state index >= 15 is 0 Å². The molecular weight excluding hydrogens is 254 g/mol. The van der Waals surface area contributed by atoms with Gasteiger partial charge in [-0.05, 0) is 24.6 Å². The van der Waals surface area contributed by atoms with E-state index in [1.54, 1.807) is 18.2 Å². The Morgan fingerprint density at radius 3 is 2.78 bits per heavy atom. The topological polar surface area (TPSA) is 93.4 Å². The normalized spacial score (nSPS) is 13.3. The Bertz CT molecular complexity index is 474. The van der Waals surface area contributed by atoms with E-state index in [9.17, 15) is 8.42 Å². The smallest absolute Gasteiger partial charge is 0.299 e. The molecule has 0 saturated heterocycles. The van der Waals surface area contributed by atoms with Crippen LogP contribution in [0, 0.1) is 0 Å². The number of nitrogens with two attached hydrogens (primary N) is 1. The number of nitrogens with one attached hydrogen (secondary N) is 2. The fourth-order valence-corrected chi connectivity index (χ4v) is 2.22. The van der Waals surface area contributed by atoms with Crippen LogP contribution in [0.5, 0.6) is 0 Å². The molecule has 4 N–H and O–H groups in total. The zero-order chi connectivity index (χ0) is 13.6. The van der Waals surface area contributed by atoms with Crippen molar-refractivity contribution < 1.29 is 13.2 Å². The van der Waals surface area contributed by atoms with Crippen molar-refractivity contribution in [1.82, 2.24) is 4.72 Å². The number of ether oxygens (including phenoxy) is 1. The van der Waals surface area contributed by atoms with Crippen LogP contribution in [-0.2, 0) is 14.9 Å². The van der Waals surface area contributed by atoms with Crippen LogP contribution in [0.4, 0.5) is 5.69 Å². The van der Waals surface area contributed by atoms with Crippen molar-refractivity contribution in [3.05, 3.63) is 29.8 Å². The first kappa shape index (κ1) is 14.9. The molecule has 0 aliphatic carbocycles. The summed E-state index contributed by atoms with van der Waals surface area (Å²) in [6.07, 6.45) is 0. The molecule has 0 fully saturated rings. The summed E-state index contributed by atoms with van der Waals surface area (Å²) in [5, 5.41) is 0. The minimum absolute atomic E-state index is 0.143. The fraction of sp³-hybridized carbons (Fsp3) is 0.455. The van der Waals surface area contributed by atoms with Crippen molar-refractivity contribution in [2.45, 2.75) is 13.0 Å². The third-order valence-corrected chi connectivity index (χ3v) is 3.35. The molecule has 0 saturated carbocycles. The Hall–Kier alpha value is -1.15. The molecule has 0 aliphatic heterocycles. The van der Waals surface area contributed by atoms with Gasteiger partial charge in [0.1, 0.15) is 0 Å². The summed E-state index contributed by atoms with van der Waals surface area (Å²) in [4.78, 5) is 0. The Morgan fingerprint density at radius 2 is 2.17 bits per heavy atom. The standard InChI is InChI=1S/C11H19N3O3S/c1-9(12)10-4-3-5-11(8-10)14-18(15,16)13-6-7-17-2/h3-5,8-9,13-14H,6-7,12H2,1-2H3. The van der Waals surface area contributed by atoms with Gasteiger partial charge >= 0.3 is 0 Å². The fourth-order valence-electron chi connectivity index (χ4n) is 1.35. The van der Waals surface area contributed by atoms with Crippen LogP contribution >= 0.6 is 0 Å². The van der Waals surface area contributed by atoms with Gasteiger partial charge in [0, 0.05) is 19.7 Å². The van der Waals surface area contributed by atoms with Crippen molar-refractivity contribution in [2.24, 2.45) is 5.73 Å². The van der Waals surface area contributed by atoms with E-state index in [0.717, 1.165) is 5.56 Å². The second kappa shape index (κ2) is 6.69. The number of methoxy groups -OCH3 is 1. The van der Waals surface area contributed by atoms with E-state index in [1.165, 1.54) is 7.11 Å². The maximum atomic E-state index is 11.6. The second-order valence-electron chi connectivity index (χ2n) is 3.91. The minimum Gasteiger partial charge on any atom is -0.383 e. The Labute approximate surface area is 108 Å². The molecule has 0 bridgehead atoms. The third kappa shape index (κ3) is 5.01. The van der Waals surface area contributed by atoms with E-state index in [0.29, 0.717) is 12.3 Å². The molecule has 0 aliphatic rings. The van der Waals surface area contributed by atoms with Crippen LogP contribution in [0.3, 0.4) is 0 Å². The van der Waals surface area contributed by atoms with Gasteiger partial charge in [-0.15, -0.1) is 0 Å². The molecule has 1 rings (SSSR count). The summed E-state index contributed by atoms with van der Waals surface area (Å²) < 4.78 is 32.8. The highest BCUT2D eigenvalue weighted by molar-refractivity contribution is 7.90. The molecular formula is C11H19N3O3S. The molecule has 6 nitrogen and oxygen atoms in total. The van der Waals surface area contributed by atoms with Gasteiger partial charge in [0.05, 0.1) is 12.3 Å². The predicted molar refractivity (Wildman–Crippen MR) is 71.5 cm³/mol. The van der Waals surface area contributed by atoms with Gasteiger partial charge in [-0.2, -0.15) is 13.1 Å². The first-order valence-corrected chi connectivity index (χ1v) is 7.05. The molecule has 0 heterocycles. The average Bonchev–Trinajstić information content (AvgIpc) is 2.28. The van der Waals surface area contributed by atoms with Crippen LogP contribution in [0.2, 0.25) is 0 Å². The largest absolute Gasteiger partial charge is 0.383 e. The Morgan fingerprint density at radius 1 is 1.44 bits per heavy atom. The molecule has 1 aromatic carbocycles. The van der Waals surface area contributed by atoms with Gasteiger partial charge in [-0.3, -0.25) is 4.72 Å². The zero-order valence-electron chi connectivity index (χ0n) is 10.5. The summed E-state index contributed by atoms with van der Waals surface area (Å²) in [6.45, 7) is 2.38. The number of benzene rings is 1. The molecule has 7 heteroatoms. The lowest BCUT2D eigenvalue weighted by Crippen LogP contribution is -2.32. The van der Waals surface area contributed by atoms with Crippen molar-refractivity contribution in [3.63, 3.8) is 0 Å². The van der Waals surface area contributed by atoms with Crippen LogP contribution in [-0.4, -0.2) is 28.7 Å². The summed E-state index contributed by atoms with van der Waals surface area (Å²) in [5.41, 5.74) is 7.08. The van der Waals surface area contributed by atoms with Gasteiger partial charge < -0.3 is 10.5 Å². The van der Waals surface area contributed by atoms with Gasteiger partial charge in [0.15, 0.2) is 0 Å². The molecule has 102 valence electrons. The quantitative estimate of drug-likeness (QED) is 0.634. The van der Waals surface area contributed by atoms with E-state index in [-0.39, 0.29) is 12.6 Å². The Balaban J connectivity index is 2.69. The first-order chi connectivity index (χ1) is 8.44. The van der Waals surface area contributed by atoms with Crippen molar-refractivity contribution in [2.75, 3.05) is 25.0 Å². The lowest BCUT2D eigenvalue weighted by Gasteiger charge is -2.11. The summed E-state index contributed by atoms with van der Waals surface area (Å²) >= 11 is 0. The van der Waals surface area contributed by atoms with Crippen LogP contribution in [0.25, 0.3) is 0 Å². The molecule has 1 aromatic rings. The van der Waals surface area contributed by atoms with E-state index in [2.05, 4.69) is 9.44 Å². The highest BCUT2D eigenvalue weighted by atomic mass is 32.2. The van der Waals surface area contributed by atoms with Gasteiger partial charge in [0.2, 0.25) is 0 Å². The summed E-state index contributed by atoms with van der Waals surface area (Å²) in [7, 11) is -2.06. The first-order valence-electron chi connectivity index (χ1n) is 5.56. The maximum absolute atomic E-state index is 11.6. The van der Waals surface area contributed by atoms with E-state index < -0.39 is 10.2 Å². The van der Waals surface area contributed by atoms with Crippen molar-refractivity contribution in [1.29, 1.82) is 0 Å². The van der Waals surface area contributed by atoms with Gasteiger partial charge in [-0.1, -0.05) is 12.1 Å². The molecule has 1 atom stereocenters. The van der Waals surface area contributed by atoms with Crippen LogP contribution < -0.4 is 15.2 Å². The van der Waals surface area contributed by atoms with Gasteiger partial charge in [0.25, 0.3) is 10.2 Å². The molecule has 0 amide bonds. The number of hydrogen-bond donors (Lipinski definition) is 3. The predicted octanol–water partition coefficient (Wildman–Crippen LogP) is 0.599. The molecule has 1 unspecified atom stereocenters. The Kier molecular flexibility index (Phi) is 5.54. The number of rotatable bonds is 7. The second-order valence-corrected chi connectivity index (χ2v) is 5.41. The highest BCUT2D eigenvalue weighted by Gasteiger charge is 2.09. The zero-order valence-corrected chi connectivity index (χ0v) is 11.3. The number of anilines is 1. The third-order valence-electron chi connectivity index (χ3n) is 2.26. The van der Waals surface area contributed by atoms with Crippen LogP contribution in [0.15, 0.2) is 24.3 Å². The SMILES string of the molecule is COCCNS(=O)(=O)Nc1cccc(C(C)N)c1. The minimum atomic E-state index is -3.57. The van der Waals surface area contributed by atoms with E-state index in [4.69, 9.17) is 10.5 Å². The lowest BCUT2D eigenvalue weighted by atomic mass is 10.1. The maximum Gasteiger partial charge on any atom is 0.299 e. The molecule has 0 radical (unpaired) electrons. The van der Waals surface area contributed by atoms with Crippen molar-refractivity contribution >= 4 is 15.9 Å². The summed E-state index contributed by atoms with van der Waals surface area (Å²) in [6, 6.07) is 6.84. The monoisotopic (exact) mass is 273 g/mol.